The van der Waals surface area contributed by atoms with E-state index in [1.807, 2.05) is 41.1 Å². The SMILES string of the molecule is CC(CC(=O)NCc1cc2n(n1)CCN(C(=O)N(C)C)C2)c1ccccc1. The van der Waals surface area contributed by atoms with Gasteiger partial charge in [-0.15, -0.1) is 0 Å². The summed E-state index contributed by atoms with van der Waals surface area (Å²) >= 11 is 0. The van der Waals surface area contributed by atoms with Crippen molar-refractivity contribution in [3.05, 3.63) is 53.3 Å². The number of carbonyl (C=O) groups is 2. The number of hydrogen-bond donors (Lipinski definition) is 1. The third-order valence-corrected chi connectivity index (χ3v) is 4.83. The van der Waals surface area contributed by atoms with Crippen LogP contribution in [-0.4, -0.2) is 52.2 Å². The van der Waals surface area contributed by atoms with Gasteiger partial charge in [0.15, 0.2) is 0 Å². The zero-order valence-electron chi connectivity index (χ0n) is 16.2. The van der Waals surface area contributed by atoms with E-state index in [1.54, 1.807) is 23.9 Å². The Morgan fingerprint density at radius 1 is 1.22 bits per heavy atom. The van der Waals surface area contributed by atoms with Crippen LogP contribution in [0.25, 0.3) is 0 Å². The zero-order valence-corrected chi connectivity index (χ0v) is 16.2. The second-order valence-electron chi connectivity index (χ2n) is 7.24. The van der Waals surface area contributed by atoms with Gasteiger partial charge in [0, 0.05) is 27.1 Å². The minimum Gasteiger partial charge on any atom is -0.350 e. The van der Waals surface area contributed by atoms with E-state index in [9.17, 15) is 9.59 Å². The highest BCUT2D eigenvalue weighted by atomic mass is 16.2. The first-order chi connectivity index (χ1) is 12.9. The van der Waals surface area contributed by atoms with E-state index >= 15 is 0 Å². The lowest BCUT2D eigenvalue weighted by molar-refractivity contribution is -0.121. The van der Waals surface area contributed by atoms with Gasteiger partial charge in [-0.25, -0.2) is 4.79 Å². The van der Waals surface area contributed by atoms with Crippen LogP contribution in [0.4, 0.5) is 4.79 Å². The number of nitrogens with one attached hydrogen (secondary N) is 1. The van der Waals surface area contributed by atoms with Crippen LogP contribution in [0.5, 0.6) is 0 Å². The second-order valence-corrected chi connectivity index (χ2v) is 7.24. The normalized spacial score (nSPS) is 14.4. The molecule has 0 aliphatic carbocycles. The molecule has 3 amide bonds. The van der Waals surface area contributed by atoms with E-state index in [-0.39, 0.29) is 17.9 Å². The number of urea groups is 1. The maximum absolute atomic E-state index is 12.3. The Labute approximate surface area is 159 Å². The van der Waals surface area contributed by atoms with Crippen molar-refractivity contribution in [2.45, 2.75) is 38.9 Å². The molecule has 0 spiro atoms. The number of hydrogen-bond acceptors (Lipinski definition) is 3. The first-order valence-corrected chi connectivity index (χ1v) is 9.27. The molecule has 1 N–H and O–H groups in total. The summed E-state index contributed by atoms with van der Waals surface area (Å²) in [7, 11) is 3.51. The van der Waals surface area contributed by atoms with Gasteiger partial charge in [0.2, 0.25) is 5.91 Å². The van der Waals surface area contributed by atoms with Crippen LogP contribution >= 0.6 is 0 Å². The van der Waals surface area contributed by atoms with Gasteiger partial charge >= 0.3 is 6.03 Å². The third-order valence-electron chi connectivity index (χ3n) is 4.83. The summed E-state index contributed by atoms with van der Waals surface area (Å²) < 4.78 is 1.92. The molecule has 0 fully saturated rings. The van der Waals surface area contributed by atoms with Crippen molar-refractivity contribution in [3.8, 4) is 0 Å². The van der Waals surface area contributed by atoms with Gasteiger partial charge < -0.3 is 15.1 Å². The van der Waals surface area contributed by atoms with E-state index in [2.05, 4.69) is 17.3 Å². The molecule has 1 aliphatic heterocycles. The minimum absolute atomic E-state index is 0.00667. The van der Waals surface area contributed by atoms with Crippen LogP contribution in [0, 0.1) is 0 Å². The summed E-state index contributed by atoms with van der Waals surface area (Å²) in [5, 5.41) is 7.51. The Hall–Kier alpha value is -2.83. The second kappa shape index (κ2) is 8.24. The van der Waals surface area contributed by atoms with Crippen LogP contribution in [0.2, 0.25) is 0 Å². The van der Waals surface area contributed by atoms with E-state index in [0.29, 0.717) is 32.6 Å². The molecule has 1 aromatic heterocycles. The lowest BCUT2D eigenvalue weighted by Crippen LogP contribution is -2.43. The van der Waals surface area contributed by atoms with Crippen molar-refractivity contribution < 1.29 is 9.59 Å². The van der Waals surface area contributed by atoms with Gasteiger partial charge in [-0.2, -0.15) is 5.10 Å². The molecule has 7 nitrogen and oxygen atoms in total. The molecule has 1 unspecified atom stereocenters. The first kappa shape index (κ1) is 18.9. The summed E-state index contributed by atoms with van der Waals surface area (Å²) in [6.07, 6.45) is 0.447. The standard InChI is InChI=1S/C20H27N5O2/c1-15(16-7-5-4-6-8-16)11-19(26)21-13-17-12-18-14-24(20(27)23(2)3)9-10-25(18)22-17/h4-8,12,15H,9-11,13-14H2,1-3H3,(H,21,26). The lowest BCUT2D eigenvalue weighted by Gasteiger charge is -2.29. The Kier molecular flexibility index (Phi) is 5.78. The largest absolute Gasteiger partial charge is 0.350 e. The van der Waals surface area contributed by atoms with E-state index in [0.717, 1.165) is 17.0 Å². The molecule has 1 atom stereocenters. The van der Waals surface area contributed by atoms with Gasteiger partial charge in [-0.1, -0.05) is 37.3 Å². The summed E-state index contributed by atoms with van der Waals surface area (Å²) in [4.78, 5) is 27.8. The van der Waals surface area contributed by atoms with Crippen molar-refractivity contribution in [2.24, 2.45) is 0 Å². The number of rotatable bonds is 5. The fourth-order valence-electron chi connectivity index (χ4n) is 3.30. The molecule has 7 heteroatoms. The summed E-state index contributed by atoms with van der Waals surface area (Å²) in [6, 6.07) is 12.0. The fraction of sp³-hybridized carbons (Fsp3) is 0.450. The average molecular weight is 369 g/mol. The van der Waals surface area contributed by atoms with Crippen LogP contribution in [0.15, 0.2) is 36.4 Å². The van der Waals surface area contributed by atoms with Gasteiger partial charge in [-0.3, -0.25) is 9.48 Å². The molecule has 0 saturated carbocycles. The zero-order chi connectivity index (χ0) is 19.4. The first-order valence-electron chi connectivity index (χ1n) is 9.27. The molecular weight excluding hydrogens is 342 g/mol. The predicted molar refractivity (Wildman–Crippen MR) is 103 cm³/mol. The van der Waals surface area contributed by atoms with Crippen molar-refractivity contribution in [3.63, 3.8) is 0 Å². The van der Waals surface area contributed by atoms with Gasteiger partial charge in [0.25, 0.3) is 0 Å². The molecule has 144 valence electrons. The molecule has 2 aromatic rings. The molecule has 3 rings (SSSR count). The summed E-state index contributed by atoms with van der Waals surface area (Å²) in [5.74, 6) is 0.189. The molecule has 0 saturated heterocycles. The lowest BCUT2D eigenvalue weighted by atomic mass is 9.97. The molecular formula is C20H27N5O2. The maximum Gasteiger partial charge on any atom is 0.319 e. The van der Waals surface area contributed by atoms with E-state index in [4.69, 9.17) is 0 Å². The van der Waals surface area contributed by atoms with Crippen LogP contribution in [0.1, 0.15) is 36.2 Å². The van der Waals surface area contributed by atoms with Gasteiger partial charge in [0.1, 0.15) is 0 Å². The number of benzene rings is 1. The Morgan fingerprint density at radius 3 is 2.67 bits per heavy atom. The number of carbonyl (C=O) groups excluding carboxylic acids is 2. The van der Waals surface area contributed by atoms with Crippen LogP contribution in [-0.2, 0) is 24.4 Å². The summed E-state index contributed by atoms with van der Waals surface area (Å²) in [5.41, 5.74) is 2.99. The molecule has 1 aliphatic rings. The molecule has 27 heavy (non-hydrogen) atoms. The van der Waals surface area contributed by atoms with Gasteiger partial charge in [-0.05, 0) is 17.5 Å². The Morgan fingerprint density at radius 2 is 1.96 bits per heavy atom. The van der Waals surface area contributed by atoms with Gasteiger partial charge in [0.05, 0.1) is 31.0 Å². The van der Waals surface area contributed by atoms with Crippen LogP contribution < -0.4 is 5.32 Å². The monoisotopic (exact) mass is 369 g/mol. The molecule has 0 bridgehead atoms. The highest BCUT2D eigenvalue weighted by Crippen LogP contribution is 2.18. The predicted octanol–water partition coefficient (Wildman–Crippen LogP) is 2.19. The summed E-state index contributed by atoms with van der Waals surface area (Å²) in [6.45, 7) is 4.32. The molecule has 0 radical (unpaired) electrons. The van der Waals surface area contributed by atoms with Crippen molar-refractivity contribution in [2.75, 3.05) is 20.6 Å². The van der Waals surface area contributed by atoms with Crippen molar-refractivity contribution in [1.82, 2.24) is 24.9 Å². The molecule has 1 aromatic carbocycles. The highest BCUT2D eigenvalue weighted by molar-refractivity contribution is 5.76. The third kappa shape index (κ3) is 4.67. The van der Waals surface area contributed by atoms with Crippen molar-refractivity contribution >= 4 is 11.9 Å². The van der Waals surface area contributed by atoms with Crippen LogP contribution in [0.3, 0.4) is 0 Å². The highest BCUT2D eigenvalue weighted by Gasteiger charge is 2.23. The van der Waals surface area contributed by atoms with E-state index < -0.39 is 0 Å². The smallest absolute Gasteiger partial charge is 0.319 e. The number of amides is 3. The van der Waals surface area contributed by atoms with Crippen molar-refractivity contribution in [1.29, 1.82) is 0 Å². The molecule has 2 heterocycles. The minimum atomic E-state index is 0.00667. The van der Waals surface area contributed by atoms with E-state index in [1.165, 1.54) is 0 Å². The average Bonchev–Trinajstić information content (AvgIpc) is 3.08. The number of aromatic nitrogens is 2. The Balaban J connectivity index is 1.52. The fourth-order valence-corrected chi connectivity index (χ4v) is 3.30. The number of nitrogens with zero attached hydrogens (tertiary/aromatic N) is 4. The maximum atomic E-state index is 12.3. The Bertz CT molecular complexity index is 800. The quantitative estimate of drug-likeness (QED) is 0.878. The number of fused-ring (bicyclic) bond motifs is 1. The topological polar surface area (TPSA) is 70.5 Å².